The van der Waals surface area contributed by atoms with E-state index in [4.69, 9.17) is 14.2 Å². The molecule has 1 saturated carbocycles. The van der Waals surface area contributed by atoms with Crippen LogP contribution in [0.15, 0.2) is 18.2 Å². The van der Waals surface area contributed by atoms with Crippen molar-refractivity contribution >= 4 is 0 Å². The highest BCUT2D eigenvalue weighted by atomic mass is 16.5. The molecule has 4 nitrogen and oxygen atoms in total. The van der Waals surface area contributed by atoms with Crippen LogP contribution in [0.3, 0.4) is 0 Å². The summed E-state index contributed by atoms with van der Waals surface area (Å²) in [6, 6.07) is 6.24. The van der Waals surface area contributed by atoms with Crippen molar-refractivity contribution < 1.29 is 14.2 Å². The lowest BCUT2D eigenvalue weighted by Crippen LogP contribution is -2.39. The first kappa shape index (κ1) is 16.0. The van der Waals surface area contributed by atoms with Crippen LogP contribution in [0.1, 0.15) is 32.6 Å². The number of ether oxygens (including phenoxy) is 3. The molecular weight excluding hydrogens is 266 g/mol. The molecule has 0 spiro atoms. The summed E-state index contributed by atoms with van der Waals surface area (Å²) in [5, 5.41) is 3.61. The lowest BCUT2D eigenvalue weighted by atomic mass is 9.86. The van der Waals surface area contributed by atoms with Crippen molar-refractivity contribution in [2.45, 2.75) is 38.6 Å². The molecule has 118 valence electrons. The Balaban J connectivity index is 1.77. The summed E-state index contributed by atoms with van der Waals surface area (Å²) in [7, 11) is 3.29. The zero-order valence-corrected chi connectivity index (χ0v) is 13.4. The molecule has 21 heavy (non-hydrogen) atoms. The molecule has 0 radical (unpaired) electrons. The summed E-state index contributed by atoms with van der Waals surface area (Å²) in [6.45, 7) is 3.86. The number of benzene rings is 1. The first-order valence-corrected chi connectivity index (χ1v) is 7.82. The predicted octanol–water partition coefficient (Wildman–Crippen LogP) is 3.25. The lowest BCUT2D eigenvalue weighted by Gasteiger charge is -2.29. The van der Waals surface area contributed by atoms with E-state index in [1.807, 2.05) is 18.2 Å². The number of hydrogen-bond donors (Lipinski definition) is 1. The van der Waals surface area contributed by atoms with E-state index < -0.39 is 0 Å². The Bertz CT molecular complexity index is 414. The highest BCUT2D eigenvalue weighted by molar-refractivity contribution is 5.41. The maximum atomic E-state index is 5.79. The van der Waals surface area contributed by atoms with Gasteiger partial charge in [-0.2, -0.15) is 0 Å². The second-order valence-corrected chi connectivity index (χ2v) is 5.72. The van der Waals surface area contributed by atoms with Gasteiger partial charge in [-0.05, 0) is 18.8 Å². The second kappa shape index (κ2) is 8.13. The van der Waals surface area contributed by atoms with E-state index in [1.54, 1.807) is 14.2 Å². The van der Waals surface area contributed by atoms with Gasteiger partial charge in [0.15, 0.2) is 0 Å². The van der Waals surface area contributed by atoms with Gasteiger partial charge in [0.05, 0.1) is 14.2 Å². The largest absolute Gasteiger partial charge is 0.496 e. The monoisotopic (exact) mass is 293 g/mol. The SMILES string of the molecule is COc1cc(OC)cc(OCCNC2CCCCC2C)c1. The van der Waals surface area contributed by atoms with Crippen LogP contribution < -0.4 is 19.5 Å². The molecule has 0 bridgehead atoms. The van der Waals surface area contributed by atoms with Gasteiger partial charge in [0, 0.05) is 30.8 Å². The van der Waals surface area contributed by atoms with Crippen LogP contribution in [0.4, 0.5) is 0 Å². The van der Waals surface area contributed by atoms with E-state index in [2.05, 4.69) is 12.2 Å². The third kappa shape index (κ3) is 4.81. The molecule has 0 amide bonds. The highest BCUT2D eigenvalue weighted by Gasteiger charge is 2.20. The molecule has 1 aliphatic carbocycles. The Kier molecular flexibility index (Phi) is 6.18. The van der Waals surface area contributed by atoms with E-state index in [0.29, 0.717) is 12.6 Å². The van der Waals surface area contributed by atoms with Gasteiger partial charge in [0.1, 0.15) is 23.9 Å². The molecule has 1 aromatic carbocycles. The fraction of sp³-hybridized carbons (Fsp3) is 0.647. The van der Waals surface area contributed by atoms with Crippen molar-refractivity contribution in [3.8, 4) is 17.2 Å². The molecule has 1 aromatic rings. The molecule has 2 rings (SSSR count). The van der Waals surface area contributed by atoms with E-state index in [0.717, 1.165) is 29.7 Å². The first-order chi connectivity index (χ1) is 10.2. The molecule has 1 N–H and O–H groups in total. The summed E-state index contributed by atoms with van der Waals surface area (Å²) in [4.78, 5) is 0. The Morgan fingerprint density at radius 2 is 1.62 bits per heavy atom. The molecule has 1 fully saturated rings. The quantitative estimate of drug-likeness (QED) is 0.783. The van der Waals surface area contributed by atoms with Gasteiger partial charge in [-0.25, -0.2) is 0 Å². The zero-order valence-electron chi connectivity index (χ0n) is 13.4. The highest BCUT2D eigenvalue weighted by Crippen LogP contribution is 2.27. The van der Waals surface area contributed by atoms with E-state index in [9.17, 15) is 0 Å². The minimum absolute atomic E-state index is 0.641. The minimum Gasteiger partial charge on any atom is -0.496 e. The van der Waals surface area contributed by atoms with Gasteiger partial charge in [0.2, 0.25) is 0 Å². The molecular formula is C17H27NO3. The zero-order chi connectivity index (χ0) is 15.1. The van der Waals surface area contributed by atoms with E-state index in [1.165, 1.54) is 25.7 Å². The van der Waals surface area contributed by atoms with Crippen molar-refractivity contribution in [2.24, 2.45) is 5.92 Å². The van der Waals surface area contributed by atoms with Crippen molar-refractivity contribution in [3.63, 3.8) is 0 Å². The number of hydrogen-bond acceptors (Lipinski definition) is 4. The van der Waals surface area contributed by atoms with E-state index >= 15 is 0 Å². The van der Waals surface area contributed by atoms with Crippen molar-refractivity contribution in [2.75, 3.05) is 27.4 Å². The van der Waals surface area contributed by atoms with Crippen molar-refractivity contribution in [1.82, 2.24) is 5.32 Å². The van der Waals surface area contributed by atoms with Crippen LogP contribution in [0.5, 0.6) is 17.2 Å². The van der Waals surface area contributed by atoms with Crippen LogP contribution in [0, 0.1) is 5.92 Å². The maximum Gasteiger partial charge on any atom is 0.126 e. The van der Waals surface area contributed by atoms with Crippen LogP contribution in [0.2, 0.25) is 0 Å². The topological polar surface area (TPSA) is 39.7 Å². The Morgan fingerprint density at radius 3 is 2.24 bits per heavy atom. The number of methoxy groups -OCH3 is 2. The van der Waals surface area contributed by atoms with Gasteiger partial charge < -0.3 is 19.5 Å². The molecule has 0 saturated heterocycles. The van der Waals surface area contributed by atoms with Gasteiger partial charge in [-0.3, -0.25) is 0 Å². The molecule has 0 aliphatic heterocycles. The van der Waals surface area contributed by atoms with Crippen LogP contribution in [-0.2, 0) is 0 Å². The summed E-state index contributed by atoms with van der Waals surface area (Å²) in [5.41, 5.74) is 0. The molecule has 0 aromatic heterocycles. The summed E-state index contributed by atoms with van der Waals surface area (Å²) in [5.74, 6) is 3.05. The fourth-order valence-electron chi connectivity index (χ4n) is 2.90. The van der Waals surface area contributed by atoms with Gasteiger partial charge >= 0.3 is 0 Å². The Morgan fingerprint density at radius 1 is 1.00 bits per heavy atom. The normalized spacial score (nSPS) is 21.9. The van der Waals surface area contributed by atoms with Crippen LogP contribution >= 0.6 is 0 Å². The smallest absolute Gasteiger partial charge is 0.126 e. The first-order valence-electron chi connectivity index (χ1n) is 7.82. The number of rotatable bonds is 7. The Hall–Kier alpha value is -1.42. The fourth-order valence-corrected chi connectivity index (χ4v) is 2.90. The summed E-state index contributed by atoms with van der Waals surface area (Å²) < 4.78 is 16.3. The van der Waals surface area contributed by atoms with E-state index in [-0.39, 0.29) is 0 Å². The van der Waals surface area contributed by atoms with Gasteiger partial charge in [-0.15, -0.1) is 0 Å². The lowest BCUT2D eigenvalue weighted by molar-refractivity contribution is 0.250. The average molecular weight is 293 g/mol. The average Bonchev–Trinajstić information content (AvgIpc) is 2.52. The third-order valence-electron chi connectivity index (χ3n) is 4.21. The van der Waals surface area contributed by atoms with Gasteiger partial charge in [-0.1, -0.05) is 19.8 Å². The molecule has 0 heterocycles. The molecule has 2 unspecified atom stereocenters. The minimum atomic E-state index is 0.641. The maximum absolute atomic E-state index is 5.79. The van der Waals surface area contributed by atoms with Crippen LogP contribution in [0.25, 0.3) is 0 Å². The summed E-state index contributed by atoms with van der Waals surface area (Å²) in [6.07, 6.45) is 5.34. The Labute approximate surface area is 127 Å². The van der Waals surface area contributed by atoms with Gasteiger partial charge in [0.25, 0.3) is 0 Å². The standard InChI is InChI=1S/C17H27NO3/c1-13-6-4-5-7-17(13)18-8-9-21-16-11-14(19-2)10-15(12-16)20-3/h10-13,17-18H,4-9H2,1-3H3. The van der Waals surface area contributed by atoms with Crippen LogP contribution in [-0.4, -0.2) is 33.4 Å². The molecule has 1 aliphatic rings. The second-order valence-electron chi connectivity index (χ2n) is 5.72. The third-order valence-corrected chi connectivity index (χ3v) is 4.21. The summed E-state index contributed by atoms with van der Waals surface area (Å²) >= 11 is 0. The van der Waals surface area contributed by atoms with Crippen molar-refractivity contribution in [3.05, 3.63) is 18.2 Å². The number of nitrogens with one attached hydrogen (secondary N) is 1. The predicted molar refractivity (Wildman–Crippen MR) is 84.5 cm³/mol. The van der Waals surface area contributed by atoms with Crippen molar-refractivity contribution in [1.29, 1.82) is 0 Å². The molecule has 2 atom stereocenters. The molecule has 4 heteroatoms.